The van der Waals surface area contributed by atoms with Gasteiger partial charge < -0.3 is 14.7 Å². The second-order valence-corrected chi connectivity index (χ2v) is 6.10. The van der Waals surface area contributed by atoms with Gasteiger partial charge in [-0.1, -0.05) is 11.8 Å². The van der Waals surface area contributed by atoms with Gasteiger partial charge in [-0.15, -0.1) is 11.3 Å². The highest BCUT2D eigenvalue weighted by atomic mass is 32.1. The number of amides is 1. The fraction of sp³-hybridized carbons (Fsp3) is 0.562. The number of rotatable bonds is 6. The summed E-state index contributed by atoms with van der Waals surface area (Å²) in [5, 5.41) is 8.73. The summed E-state index contributed by atoms with van der Waals surface area (Å²) >= 11 is 1.40. The minimum Gasteiger partial charge on any atom is -0.395 e. The molecule has 1 amide bonds. The van der Waals surface area contributed by atoms with E-state index in [2.05, 4.69) is 11.8 Å². The van der Waals surface area contributed by atoms with Crippen molar-refractivity contribution in [1.82, 2.24) is 4.90 Å². The molecule has 0 saturated carbocycles. The normalized spacial score (nSPS) is 10.4. The Bertz CT molecular complexity index is 525. The number of thiophene rings is 1. The van der Waals surface area contributed by atoms with Crippen LogP contribution in [0.2, 0.25) is 0 Å². The summed E-state index contributed by atoms with van der Waals surface area (Å²) in [6.07, 6.45) is 0.624. The Labute approximate surface area is 130 Å². The number of aliphatic hydroxyl groups excluding tert-OH is 1. The first-order valence-electron chi connectivity index (χ1n) is 7.03. The van der Waals surface area contributed by atoms with Gasteiger partial charge in [-0.3, -0.25) is 4.79 Å². The molecular weight excluding hydrogens is 286 g/mol. The van der Waals surface area contributed by atoms with Crippen LogP contribution in [0.15, 0.2) is 6.07 Å². The SMILES string of the molecule is Cc1cc(C(=O)N(C)CCOC(C)C)sc1C#CCCO. The number of nitrogens with zero attached hydrogens (tertiary/aromatic N) is 1. The zero-order valence-electron chi connectivity index (χ0n) is 13.1. The van der Waals surface area contributed by atoms with E-state index >= 15 is 0 Å². The topological polar surface area (TPSA) is 49.8 Å². The smallest absolute Gasteiger partial charge is 0.263 e. The predicted molar refractivity (Wildman–Crippen MR) is 85.7 cm³/mol. The molecule has 0 spiro atoms. The number of hydrogen-bond donors (Lipinski definition) is 1. The fourth-order valence-electron chi connectivity index (χ4n) is 1.63. The van der Waals surface area contributed by atoms with Gasteiger partial charge in [0.1, 0.15) is 0 Å². The van der Waals surface area contributed by atoms with Crippen molar-refractivity contribution in [3.63, 3.8) is 0 Å². The van der Waals surface area contributed by atoms with Crippen molar-refractivity contribution < 1.29 is 14.6 Å². The molecule has 0 bridgehead atoms. The maximum absolute atomic E-state index is 12.3. The van der Waals surface area contributed by atoms with Gasteiger partial charge >= 0.3 is 0 Å². The molecule has 0 unspecified atom stereocenters. The van der Waals surface area contributed by atoms with Gasteiger partial charge in [0.15, 0.2) is 0 Å². The second-order valence-electron chi connectivity index (χ2n) is 5.04. The molecule has 4 nitrogen and oxygen atoms in total. The van der Waals surface area contributed by atoms with Crippen LogP contribution in [0, 0.1) is 18.8 Å². The van der Waals surface area contributed by atoms with E-state index in [-0.39, 0.29) is 18.6 Å². The van der Waals surface area contributed by atoms with Gasteiger partial charge in [0, 0.05) is 20.0 Å². The molecule has 1 aromatic rings. The molecule has 5 heteroatoms. The average Bonchev–Trinajstić information content (AvgIpc) is 2.79. The van der Waals surface area contributed by atoms with Crippen molar-refractivity contribution in [2.45, 2.75) is 33.3 Å². The number of likely N-dealkylation sites (N-methyl/N-ethyl adjacent to an activating group) is 1. The standard InChI is InChI=1S/C16H23NO3S/c1-12(2)20-10-8-17(4)16(19)15-11-13(3)14(21-15)7-5-6-9-18/h11-12,18H,6,8-10H2,1-4H3. The van der Waals surface area contributed by atoms with Crippen LogP contribution in [0.25, 0.3) is 0 Å². The van der Waals surface area contributed by atoms with Crippen LogP contribution in [0.5, 0.6) is 0 Å². The lowest BCUT2D eigenvalue weighted by atomic mass is 10.2. The van der Waals surface area contributed by atoms with Crippen molar-refractivity contribution >= 4 is 17.2 Å². The molecule has 1 heterocycles. The zero-order chi connectivity index (χ0) is 15.8. The van der Waals surface area contributed by atoms with Crippen LogP contribution in [-0.2, 0) is 4.74 Å². The Balaban J connectivity index is 2.66. The van der Waals surface area contributed by atoms with E-state index in [0.717, 1.165) is 10.4 Å². The van der Waals surface area contributed by atoms with Crippen LogP contribution in [-0.4, -0.2) is 48.8 Å². The van der Waals surface area contributed by atoms with Gasteiger partial charge in [-0.25, -0.2) is 0 Å². The maximum Gasteiger partial charge on any atom is 0.263 e. The summed E-state index contributed by atoms with van der Waals surface area (Å²) in [7, 11) is 1.78. The van der Waals surface area contributed by atoms with E-state index in [0.29, 0.717) is 24.4 Å². The lowest BCUT2D eigenvalue weighted by Gasteiger charge is -2.17. The molecule has 0 aliphatic carbocycles. The molecule has 0 aromatic carbocycles. The van der Waals surface area contributed by atoms with Gasteiger partial charge in [0.25, 0.3) is 5.91 Å². The van der Waals surface area contributed by atoms with Crippen molar-refractivity contribution in [2.75, 3.05) is 26.8 Å². The molecule has 0 saturated heterocycles. The van der Waals surface area contributed by atoms with E-state index in [4.69, 9.17) is 9.84 Å². The van der Waals surface area contributed by atoms with Crippen LogP contribution in [0.1, 0.15) is 40.4 Å². The number of ether oxygens (including phenoxy) is 1. The van der Waals surface area contributed by atoms with Crippen molar-refractivity contribution in [1.29, 1.82) is 0 Å². The van der Waals surface area contributed by atoms with E-state index < -0.39 is 0 Å². The fourth-order valence-corrected chi connectivity index (χ4v) is 2.67. The zero-order valence-corrected chi connectivity index (χ0v) is 13.9. The Kier molecular flexibility index (Phi) is 7.44. The summed E-state index contributed by atoms with van der Waals surface area (Å²) < 4.78 is 5.46. The highest BCUT2D eigenvalue weighted by Gasteiger charge is 2.15. The lowest BCUT2D eigenvalue weighted by Crippen LogP contribution is -2.30. The van der Waals surface area contributed by atoms with Crippen LogP contribution < -0.4 is 0 Å². The number of hydrogen-bond acceptors (Lipinski definition) is 4. The van der Waals surface area contributed by atoms with E-state index in [1.807, 2.05) is 26.8 Å². The Morgan fingerprint density at radius 3 is 2.86 bits per heavy atom. The minimum atomic E-state index is -0.00864. The molecule has 0 aliphatic rings. The van der Waals surface area contributed by atoms with Gasteiger partial charge in [-0.05, 0) is 32.4 Å². The summed E-state index contributed by atoms with van der Waals surface area (Å²) in [4.78, 5) is 15.5. The van der Waals surface area contributed by atoms with Crippen molar-refractivity contribution in [3.8, 4) is 11.8 Å². The van der Waals surface area contributed by atoms with Crippen LogP contribution in [0.3, 0.4) is 0 Å². The summed E-state index contributed by atoms with van der Waals surface area (Å²) in [5.41, 5.74) is 1.00. The van der Waals surface area contributed by atoms with E-state index in [1.165, 1.54) is 11.3 Å². The highest BCUT2D eigenvalue weighted by Crippen LogP contribution is 2.22. The molecule has 1 rings (SSSR count). The minimum absolute atomic E-state index is 0.00864. The third-order valence-corrected chi connectivity index (χ3v) is 3.93. The largest absolute Gasteiger partial charge is 0.395 e. The monoisotopic (exact) mass is 309 g/mol. The third-order valence-electron chi connectivity index (χ3n) is 2.79. The number of carbonyl (C=O) groups is 1. The molecule has 0 atom stereocenters. The second kappa shape index (κ2) is 8.83. The van der Waals surface area contributed by atoms with E-state index in [1.54, 1.807) is 11.9 Å². The quantitative estimate of drug-likeness (QED) is 0.820. The van der Waals surface area contributed by atoms with Gasteiger partial charge in [0.05, 0.1) is 29.1 Å². The molecule has 116 valence electrons. The molecular formula is C16H23NO3S. The number of aryl methyl sites for hydroxylation is 1. The predicted octanol–water partition coefficient (Wildman–Crippen LogP) is 2.29. The Hall–Kier alpha value is -1.35. The first kappa shape index (κ1) is 17.7. The third kappa shape index (κ3) is 5.88. The highest BCUT2D eigenvalue weighted by molar-refractivity contribution is 7.14. The molecule has 1 N–H and O–H groups in total. The van der Waals surface area contributed by atoms with E-state index in [9.17, 15) is 4.79 Å². The van der Waals surface area contributed by atoms with Gasteiger partial charge in [-0.2, -0.15) is 0 Å². The Morgan fingerprint density at radius 1 is 1.52 bits per heavy atom. The molecule has 0 radical (unpaired) electrons. The lowest BCUT2D eigenvalue weighted by molar-refractivity contribution is 0.0534. The summed E-state index contributed by atoms with van der Waals surface area (Å²) in [6, 6.07) is 1.87. The number of aliphatic hydroxyl groups is 1. The van der Waals surface area contributed by atoms with Crippen LogP contribution >= 0.6 is 11.3 Å². The Morgan fingerprint density at radius 2 is 2.24 bits per heavy atom. The first-order valence-corrected chi connectivity index (χ1v) is 7.84. The molecule has 1 aromatic heterocycles. The van der Waals surface area contributed by atoms with Crippen molar-refractivity contribution in [3.05, 3.63) is 21.4 Å². The first-order chi connectivity index (χ1) is 9.95. The summed E-state index contributed by atoms with van der Waals surface area (Å²) in [5.74, 6) is 5.88. The molecule has 0 aliphatic heterocycles. The molecule has 21 heavy (non-hydrogen) atoms. The number of carbonyl (C=O) groups excluding carboxylic acids is 1. The van der Waals surface area contributed by atoms with Crippen molar-refractivity contribution in [2.24, 2.45) is 0 Å². The summed E-state index contributed by atoms with van der Waals surface area (Å²) in [6.45, 7) is 7.05. The van der Waals surface area contributed by atoms with Crippen LogP contribution in [0.4, 0.5) is 0 Å². The molecule has 0 fully saturated rings. The maximum atomic E-state index is 12.3. The average molecular weight is 309 g/mol. The van der Waals surface area contributed by atoms with Gasteiger partial charge in [0.2, 0.25) is 0 Å².